The van der Waals surface area contributed by atoms with Crippen LogP contribution in [0.25, 0.3) is 0 Å². The molecule has 0 N–H and O–H groups in total. The molecule has 1 saturated heterocycles. The van der Waals surface area contributed by atoms with Crippen molar-refractivity contribution in [2.75, 3.05) is 13.2 Å². The summed E-state index contributed by atoms with van der Waals surface area (Å²) in [5, 5.41) is 0. The van der Waals surface area contributed by atoms with E-state index in [0.29, 0.717) is 22.7 Å². The van der Waals surface area contributed by atoms with E-state index in [0.717, 1.165) is 38.5 Å². The Hall–Kier alpha value is 0.354. The third-order valence-corrected chi connectivity index (χ3v) is 9.83. The van der Waals surface area contributed by atoms with Crippen LogP contribution in [0.1, 0.15) is 66.2 Å². The van der Waals surface area contributed by atoms with E-state index in [1.807, 2.05) is 0 Å². The number of hydrogen-bond donors (Lipinski definition) is 0. The van der Waals surface area contributed by atoms with E-state index in [1.165, 1.54) is 0 Å². The van der Waals surface area contributed by atoms with Gasteiger partial charge in [-0.05, 0) is 0 Å². The summed E-state index contributed by atoms with van der Waals surface area (Å²) < 4.78 is 25.3. The Labute approximate surface area is 130 Å². The molecule has 0 amide bonds. The van der Waals surface area contributed by atoms with Crippen molar-refractivity contribution >= 4 is 0 Å². The van der Waals surface area contributed by atoms with E-state index in [1.54, 1.807) is 0 Å². The van der Waals surface area contributed by atoms with E-state index < -0.39 is 16.1 Å². The van der Waals surface area contributed by atoms with Crippen LogP contribution in [-0.2, 0) is 36.1 Å². The maximum atomic E-state index is 13.5. The van der Waals surface area contributed by atoms with Gasteiger partial charge in [-0.15, -0.1) is 0 Å². The van der Waals surface area contributed by atoms with Crippen LogP contribution in [0.4, 0.5) is 0 Å². The summed E-state index contributed by atoms with van der Waals surface area (Å²) in [6.07, 6.45) is 5.45. The molecule has 126 valence electrons. The van der Waals surface area contributed by atoms with Crippen molar-refractivity contribution in [2.24, 2.45) is 5.41 Å². The van der Waals surface area contributed by atoms with Crippen LogP contribution < -0.4 is 0 Å². The standard InChI is InChI=1S/C7H16O4.2C4H9.O.Ti/c1-3-4-7(2,5-10-8)6-11-9;2*1-3-4-2;;/h8-9H,3-6H2,1-2H3;2*1,3-4H2,2H3;;/q;;;;+2/p-2. The van der Waals surface area contributed by atoms with Gasteiger partial charge in [0.25, 0.3) is 0 Å². The van der Waals surface area contributed by atoms with Gasteiger partial charge in [0.15, 0.2) is 0 Å². The van der Waals surface area contributed by atoms with Gasteiger partial charge < -0.3 is 0 Å². The van der Waals surface area contributed by atoms with Crippen molar-refractivity contribution in [1.82, 2.24) is 0 Å². The first kappa shape index (κ1) is 19.4. The number of hydrogen-bond acceptors (Lipinski definition) is 5. The predicted molar refractivity (Wildman–Crippen MR) is 77.2 cm³/mol. The zero-order valence-corrected chi connectivity index (χ0v) is 15.7. The second kappa shape index (κ2) is 8.28. The fraction of sp³-hybridized carbons (Fsp3) is 1.00. The first-order valence-corrected chi connectivity index (χ1v) is 12.5. The molecule has 0 unspecified atom stereocenters. The monoisotopic (exact) mass is 340 g/mol. The molecular formula is C15H32O5Ti. The minimum atomic E-state index is -4.84. The van der Waals surface area contributed by atoms with Crippen molar-refractivity contribution in [3.8, 4) is 0 Å². The molecule has 0 aromatic carbocycles. The van der Waals surface area contributed by atoms with E-state index in [4.69, 9.17) is 16.7 Å². The van der Waals surface area contributed by atoms with E-state index in [9.17, 15) is 3.32 Å². The number of rotatable bonds is 8. The van der Waals surface area contributed by atoms with Crippen molar-refractivity contribution in [3.05, 3.63) is 0 Å². The zero-order valence-electron chi connectivity index (χ0n) is 14.1. The molecular weight excluding hydrogens is 308 g/mol. The molecule has 6 heteroatoms. The van der Waals surface area contributed by atoms with Gasteiger partial charge in [-0.2, -0.15) is 0 Å². The molecule has 0 spiro atoms. The van der Waals surface area contributed by atoms with E-state index in [2.05, 4.69) is 27.7 Å². The predicted octanol–water partition coefficient (Wildman–Crippen LogP) is 5.00. The first-order chi connectivity index (χ1) is 9.89. The number of unbranched alkanes of at least 4 members (excludes halogenated alkanes) is 2. The van der Waals surface area contributed by atoms with Gasteiger partial charge in [0, 0.05) is 0 Å². The summed E-state index contributed by atoms with van der Waals surface area (Å²) in [6.45, 7) is 9.09. The second-order valence-electron chi connectivity index (χ2n) is 6.82. The molecule has 0 aromatic rings. The second-order valence-corrected chi connectivity index (χ2v) is 13.2. The third-order valence-electron chi connectivity index (χ3n) is 4.18. The van der Waals surface area contributed by atoms with Crippen LogP contribution in [0.15, 0.2) is 0 Å². The molecule has 1 aliphatic rings. The van der Waals surface area contributed by atoms with Gasteiger partial charge in [0.2, 0.25) is 0 Å². The van der Waals surface area contributed by atoms with Crippen molar-refractivity contribution in [2.45, 2.75) is 75.7 Å². The molecule has 0 saturated carbocycles. The molecule has 1 heterocycles. The van der Waals surface area contributed by atoms with Crippen LogP contribution in [0.5, 0.6) is 0 Å². The molecule has 0 aromatic heterocycles. The minimum absolute atomic E-state index is 0.157. The molecule has 5 nitrogen and oxygen atoms in total. The molecule has 0 aliphatic carbocycles. The zero-order chi connectivity index (χ0) is 15.8. The average molecular weight is 340 g/mol. The molecule has 0 atom stereocenters. The van der Waals surface area contributed by atoms with Gasteiger partial charge in [0.1, 0.15) is 0 Å². The molecule has 1 rings (SSSR count). The Morgan fingerprint density at radius 2 is 1.38 bits per heavy atom. The summed E-state index contributed by atoms with van der Waals surface area (Å²) in [7, 11) is 0. The van der Waals surface area contributed by atoms with Crippen LogP contribution in [-0.4, -0.2) is 13.2 Å². The van der Waals surface area contributed by atoms with Crippen LogP contribution >= 0.6 is 0 Å². The Morgan fingerprint density at radius 3 is 1.76 bits per heavy atom. The SMILES string of the molecule is CCC[CH2][Ti]1(=[O])([CH2]CCC)[O]OCC(C)(CCC)CO[O]1. The molecule has 1 fully saturated rings. The van der Waals surface area contributed by atoms with E-state index >= 15 is 0 Å². The van der Waals surface area contributed by atoms with Gasteiger partial charge >= 0.3 is 130 Å². The van der Waals surface area contributed by atoms with Crippen molar-refractivity contribution < 1.29 is 36.1 Å². The Balaban J connectivity index is 2.80. The quantitative estimate of drug-likeness (QED) is 0.459. The van der Waals surface area contributed by atoms with Crippen molar-refractivity contribution in [1.29, 1.82) is 0 Å². The summed E-state index contributed by atoms with van der Waals surface area (Å²) >= 11 is -4.84. The Kier molecular flexibility index (Phi) is 7.65. The third kappa shape index (κ3) is 5.81. The maximum absolute atomic E-state index is 13.5. The van der Waals surface area contributed by atoms with Crippen LogP contribution in [0, 0.1) is 5.41 Å². The summed E-state index contributed by atoms with van der Waals surface area (Å²) in [5.41, 5.74) is -0.157. The Morgan fingerprint density at radius 1 is 0.905 bits per heavy atom. The topological polar surface area (TPSA) is 54.0 Å². The summed E-state index contributed by atoms with van der Waals surface area (Å²) in [6, 6.07) is 0. The fourth-order valence-corrected chi connectivity index (χ4v) is 7.93. The summed E-state index contributed by atoms with van der Waals surface area (Å²) in [4.78, 5) is 10.8. The van der Waals surface area contributed by atoms with Crippen molar-refractivity contribution in [3.63, 3.8) is 0 Å². The van der Waals surface area contributed by atoms with Gasteiger partial charge in [-0.25, -0.2) is 0 Å². The normalized spacial score (nSPS) is 28.4. The molecule has 21 heavy (non-hydrogen) atoms. The van der Waals surface area contributed by atoms with Gasteiger partial charge in [-0.3, -0.25) is 0 Å². The van der Waals surface area contributed by atoms with E-state index in [-0.39, 0.29) is 5.41 Å². The average Bonchev–Trinajstić information content (AvgIpc) is 2.42. The van der Waals surface area contributed by atoms with Gasteiger partial charge in [0.05, 0.1) is 0 Å². The summed E-state index contributed by atoms with van der Waals surface area (Å²) in [5.74, 6) is 0. The molecule has 0 bridgehead atoms. The molecule has 0 radical (unpaired) electrons. The fourth-order valence-electron chi connectivity index (χ4n) is 2.74. The first-order valence-electron chi connectivity index (χ1n) is 8.41. The van der Waals surface area contributed by atoms with Gasteiger partial charge in [-0.1, -0.05) is 0 Å². The van der Waals surface area contributed by atoms with Crippen LogP contribution in [0.3, 0.4) is 0 Å². The molecule has 1 aliphatic heterocycles. The van der Waals surface area contributed by atoms with Crippen LogP contribution in [0.2, 0.25) is 9.45 Å². The Bertz CT molecular complexity index is 341.